The molecule has 1 aliphatic rings. The van der Waals surface area contributed by atoms with Crippen LogP contribution in [-0.4, -0.2) is 128 Å². The number of hydrogen-bond donors (Lipinski definition) is 10. The lowest BCUT2D eigenvalue weighted by Gasteiger charge is -2.30. The fourth-order valence-electron chi connectivity index (χ4n) is 4.93. The number of phosphoric acid groups is 3. The first-order valence-electron chi connectivity index (χ1n) is 17.0. The van der Waals surface area contributed by atoms with Gasteiger partial charge in [0.05, 0.1) is 25.3 Å². The van der Waals surface area contributed by atoms with Gasteiger partial charge in [-0.3, -0.25) is 32.5 Å². The highest BCUT2D eigenvalue weighted by Gasteiger charge is 2.50. The maximum atomic E-state index is 12.7. The number of aliphatic hydroxyl groups is 3. The van der Waals surface area contributed by atoms with E-state index in [1.54, 1.807) is 0 Å². The monoisotopic (exact) mass is 905 g/mol. The van der Waals surface area contributed by atoms with E-state index < -0.39 is 84.6 Å². The molecular formula is C29H46N7O18P3S. The molecule has 0 aromatic carbocycles. The van der Waals surface area contributed by atoms with E-state index in [-0.39, 0.29) is 53.1 Å². The Hall–Kier alpha value is -3.16. The van der Waals surface area contributed by atoms with Crippen molar-refractivity contribution in [3.05, 3.63) is 36.6 Å². The molecule has 25 nitrogen and oxygen atoms in total. The lowest BCUT2D eigenvalue weighted by atomic mass is 9.87. The number of nitrogens with one attached hydrogen (secondary N) is 2. The first kappa shape index (κ1) is 49.2. The number of nitrogen functional groups attached to an aromatic ring is 1. The van der Waals surface area contributed by atoms with E-state index in [4.69, 9.17) is 19.5 Å². The summed E-state index contributed by atoms with van der Waals surface area (Å²) >= 11 is 0.883. The number of rotatable bonds is 23. The Morgan fingerprint density at radius 1 is 1.07 bits per heavy atom. The number of fused-ring (bicyclic) bond motifs is 1. The molecule has 2 aromatic heterocycles. The number of phosphoric ester groups is 3. The number of nitrogens with two attached hydrogens (primary N) is 1. The van der Waals surface area contributed by atoms with Gasteiger partial charge in [0, 0.05) is 43.2 Å². The number of anilines is 1. The molecule has 29 heteroatoms. The summed E-state index contributed by atoms with van der Waals surface area (Å²) in [6.07, 6.45) is -1.35. The number of nitrogens with zero attached hydrogens (tertiary/aromatic N) is 4. The number of allylic oxidation sites excluding steroid dienone is 3. The summed E-state index contributed by atoms with van der Waals surface area (Å²) in [5.41, 5.74) is 4.23. The minimum Gasteiger partial charge on any atom is -0.512 e. The molecule has 58 heavy (non-hydrogen) atoms. The van der Waals surface area contributed by atoms with Crippen molar-refractivity contribution in [1.29, 1.82) is 0 Å². The van der Waals surface area contributed by atoms with Crippen LogP contribution in [0.5, 0.6) is 0 Å². The number of imidazole rings is 1. The number of ether oxygens (including phenoxy) is 1. The zero-order valence-corrected chi connectivity index (χ0v) is 34.7. The second-order valence-corrected chi connectivity index (χ2v) is 18.3. The van der Waals surface area contributed by atoms with Crippen molar-refractivity contribution in [3.8, 4) is 0 Å². The summed E-state index contributed by atoms with van der Waals surface area (Å²) < 4.78 is 62.1. The summed E-state index contributed by atoms with van der Waals surface area (Å²) in [5, 5.41) is 35.7. The van der Waals surface area contributed by atoms with E-state index in [0.29, 0.717) is 12.8 Å². The van der Waals surface area contributed by atoms with E-state index in [0.717, 1.165) is 35.1 Å². The maximum Gasteiger partial charge on any atom is 0.481 e. The fraction of sp³-hybridized carbons (Fsp3) is 0.586. The van der Waals surface area contributed by atoms with Crippen LogP contribution >= 0.6 is 35.2 Å². The van der Waals surface area contributed by atoms with Crippen molar-refractivity contribution in [3.63, 3.8) is 0 Å². The van der Waals surface area contributed by atoms with Gasteiger partial charge in [0.15, 0.2) is 17.7 Å². The van der Waals surface area contributed by atoms with Gasteiger partial charge in [-0.25, -0.2) is 28.6 Å². The number of carbonyl (C=O) groups excluding carboxylic acids is 3. The highest BCUT2D eigenvalue weighted by atomic mass is 32.2. The van der Waals surface area contributed by atoms with Crippen molar-refractivity contribution >= 4 is 69.1 Å². The van der Waals surface area contributed by atoms with Crippen LogP contribution in [0.1, 0.15) is 46.3 Å². The summed E-state index contributed by atoms with van der Waals surface area (Å²) in [5.74, 6) is -1.38. The normalized spacial score (nSPS) is 21.8. The van der Waals surface area contributed by atoms with Gasteiger partial charge < -0.3 is 56.0 Å². The molecule has 1 fully saturated rings. The molecule has 0 saturated carbocycles. The summed E-state index contributed by atoms with van der Waals surface area (Å²) in [4.78, 5) is 87.5. The molecule has 0 spiro atoms. The predicted octanol–water partition coefficient (Wildman–Crippen LogP) is 0.463. The van der Waals surface area contributed by atoms with Crippen LogP contribution in [0.15, 0.2) is 36.6 Å². The smallest absolute Gasteiger partial charge is 0.481 e. The van der Waals surface area contributed by atoms with Crippen molar-refractivity contribution in [1.82, 2.24) is 30.2 Å². The zero-order valence-electron chi connectivity index (χ0n) is 31.2. The molecular weight excluding hydrogens is 859 g/mol. The number of thioether (sulfide) groups is 1. The highest BCUT2D eigenvalue weighted by molar-refractivity contribution is 8.14. The molecule has 7 unspecified atom stereocenters. The van der Waals surface area contributed by atoms with Gasteiger partial charge in [0.2, 0.25) is 16.9 Å². The number of amides is 2. The summed E-state index contributed by atoms with van der Waals surface area (Å²) in [6, 6.07) is 0. The molecule has 2 amide bonds. The summed E-state index contributed by atoms with van der Waals surface area (Å²) in [6.45, 7) is 2.14. The molecule has 7 atom stereocenters. The summed E-state index contributed by atoms with van der Waals surface area (Å²) in [7, 11) is -16.4. The van der Waals surface area contributed by atoms with Crippen LogP contribution in [0.3, 0.4) is 0 Å². The molecule has 2 aromatic rings. The Morgan fingerprint density at radius 3 is 2.43 bits per heavy atom. The van der Waals surface area contributed by atoms with Crippen LogP contribution in [-0.2, 0) is 50.7 Å². The van der Waals surface area contributed by atoms with Crippen LogP contribution in [0.25, 0.3) is 11.2 Å². The van der Waals surface area contributed by atoms with Crippen LogP contribution < -0.4 is 16.4 Å². The van der Waals surface area contributed by atoms with Crippen molar-refractivity contribution in [2.24, 2.45) is 5.41 Å². The van der Waals surface area contributed by atoms with Gasteiger partial charge in [0.25, 0.3) is 0 Å². The van der Waals surface area contributed by atoms with Gasteiger partial charge in [-0.2, -0.15) is 4.31 Å². The second-order valence-electron chi connectivity index (χ2n) is 13.0. The third-order valence-electron chi connectivity index (χ3n) is 7.83. The minimum absolute atomic E-state index is 0.0244. The van der Waals surface area contributed by atoms with Gasteiger partial charge in [-0.05, 0) is 13.3 Å². The highest BCUT2D eigenvalue weighted by Crippen LogP contribution is 2.61. The molecule has 1 saturated heterocycles. The van der Waals surface area contributed by atoms with E-state index in [1.165, 1.54) is 13.8 Å². The average molecular weight is 906 g/mol. The van der Waals surface area contributed by atoms with Gasteiger partial charge in [0.1, 0.15) is 36.3 Å². The molecule has 326 valence electrons. The molecule has 0 radical (unpaired) electrons. The Labute approximate surface area is 334 Å². The maximum absolute atomic E-state index is 12.7. The van der Waals surface area contributed by atoms with Crippen LogP contribution in [0.2, 0.25) is 0 Å². The Morgan fingerprint density at radius 2 is 1.76 bits per heavy atom. The Kier molecular flexibility index (Phi) is 18.1. The minimum atomic E-state index is -5.58. The number of aromatic nitrogens is 4. The number of carbonyl (C=O) groups is 3. The number of aliphatic hydroxyl groups excluding tert-OH is 3. The molecule has 0 aliphatic carbocycles. The first-order valence-corrected chi connectivity index (χ1v) is 22.5. The average Bonchev–Trinajstić information content (AvgIpc) is 3.68. The van der Waals surface area contributed by atoms with Crippen LogP contribution in [0.4, 0.5) is 5.82 Å². The lowest BCUT2D eigenvalue weighted by Crippen LogP contribution is -2.46. The third-order valence-corrected chi connectivity index (χ3v) is 11.7. The van der Waals surface area contributed by atoms with Gasteiger partial charge in [-0.1, -0.05) is 37.8 Å². The predicted molar refractivity (Wildman–Crippen MR) is 202 cm³/mol. The van der Waals surface area contributed by atoms with E-state index in [9.17, 15) is 63.0 Å². The van der Waals surface area contributed by atoms with Crippen molar-refractivity contribution < 1.29 is 85.6 Å². The SMILES string of the molecule is C/C=C/CC/C(O)=C/C(=O)SCCNC(=O)CCNC(=O)C(O)C(C)(C)COP(=O)(O)OP(=O)(O)OCC1OC(n2cnc3c(N)ncnc32)C(O)C1OP(=O)(O)O. The van der Waals surface area contributed by atoms with E-state index in [2.05, 4.69) is 34.4 Å². The van der Waals surface area contributed by atoms with Crippen molar-refractivity contribution in [2.45, 2.75) is 70.7 Å². The molecule has 0 bridgehead atoms. The second kappa shape index (κ2) is 21.4. The Bertz CT molecular complexity index is 1960. The largest absolute Gasteiger partial charge is 0.512 e. The molecule has 3 heterocycles. The van der Waals surface area contributed by atoms with Gasteiger partial charge in [-0.15, -0.1) is 0 Å². The zero-order chi connectivity index (χ0) is 43.5. The van der Waals surface area contributed by atoms with Gasteiger partial charge >= 0.3 is 23.5 Å². The quantitative estimate of drug-likeness (QED) is 0.0238. The standard InChI is InChI=1S/C29H46N7O18P3S/c1-4-5-6-7-17(37)12-20(39)58-11-10-31-19(38)8-9-32-27(42)24(41)29(2,3)14-51-57(48,49)54-56(46,47)50-13-18-23(53-55(43,44)45)22(40)28(52-18)36-16-35-21-25(30)33-15-34-26(21)36/h4-5,12,15-16,18,22-24,28,37,40-41H,6-11,13-14H2,1-3H3,(H,31,38)(H,32,42)(H,46,47)(H,48,49)(H2,30,33,34)(H2,43,44,45)/b5-4+,17-12-. The molecule has 11 N–H and O–H groups in total. The Balaban J connectivity index is 1.46. The number of hydrogen-bond acceptors (Lipinski definition) is 19. The van der Waals surface area contributed by atoms with E-state index >= 15 is 0 Å². The lowest BCUT2D eigenvalue weighted by molar-refractivity contribution is -0.137. The van der Waals surface area contributed by atoms with Crippen molar-refractivity contribution in [2.75, 3.05) is 37.8 Å². The topological polar surface area (TPSA) is 384 Å². The third kappa shape index (κ3) is 15.5. The molecule has 1 aliphatic heterocycles. The molecule has 3 rings (SSSR count). The fourth-order valence-corrected chi connectivity index (χ4v) is 8.38. The van der Waals surface area contributed by atoms with E-state index in [1.807, 2.05) is 19.1 Å². The van der Waals surface area contributed by atoms with Crippen LogP contribution in [0, 0.1) is 5.41 Å². The first-order chi connectivity index (χ1) is 26.9.